The molecular weight excluding hydrogens is 408 g/mol. The van der Waals surface area contributed by atoms with Crippen molar-refractivity contribution in [3.63, 3.8) is 0 Å². The van der Waals surface area contributed by atoms with Crippen molar-refractivity contribution in [2.75, 3.05) is 14.2 Å². The average molecular weight is 427 g/mol. The van der Waals surface area contributed by atoms with Crippen molar-refractivity contribution < 1.29 is 14.3 Å². The molecule has 1 atom stereocenters. The highest BCUT2D eigenvalue weighted by atomic mass is 35.5. The molecule has 2 heterocycles. The van der Waals surface area contributed by atoms with Crippen molar-refractivity contribution in [1.29, 1.82) is 0 Å². The van der Waals surface area contributed by atoms with E-state index in [-0.39, 0.29) is 11.9 Å². The van der Waals surface area contributed by atoms with E-state index in [9.17, 15) is 4.79 Å². The first kappa shape index (κ1) is 19.5. The standard InChI is InChI=1S/C22H19ClN2O3S/c1-27-15-10-14(11-16(12-15)28-2)19-13-20(17-6-3-4-7-18(17)23)25(24-19)22(26)21-8-5-9-29-21/h3-12,20H,13H2,1-2H3. The minimum atomic E-state index is -0.287. The van der Waals surface area contributed by atoms with Crippen LogP contribution in [0.3, 0.4) is 0 Å². The first-order valence-corrected chi connectivity index (χ1v) is 10.3. The number of hydrazone groups is 1. The summed E-state index contributed by atoms with van der Waals surface area (Å²) in [5.74, 6) is 1.19. The van der Waals surface area contributed by atoms with Crippen LogP contribution in [-0.2, 0) is 0 Å². The first-order chi connectivity index (χ1) is 14.1. The highest BCUT2D eigenvalue weighted by Gasteiger charge is 2.35. The van der Waals surface area contributed by atoms with Crippen LogP contribution in [0.5, 0.6) is 11.5 Å². The summed E-state index contributed by atoms with van der Waals surface area (Å²) in [7, 11) is 3.21. The molecule has 7 heteroatoms. The van der Waals surface area contributed by atoms with Crippen molar-refractivity contribution in [2.24, 2.45) is 5.10 Å². The number of halogens is 1. The Kier molecular flexibility index (Phi) is 5.56. The lowest BCUT2D eigenvalue weighted by Gasteiger charge is -2.22. The summed E-state index contributed by atoms with van der Waals surface area (Å²) >= 11 is 7.86. The molecule has 0 fully saturated rings. The quantitative estimate of drug-likeness (QED) is 0.548. The van der Waals surface area contributed by atoms with Gasteiger partial charge in [0, 0.05) is 23.1 Å². The second kappa shape index (κ2) is 8.27. The van der Waals surface area contributed by atoms with Gasteiger partial charge in [0.15, 0.2) is 0 Å². The molecule has 0 N–H and O–H groups in total. The lowest BCUT2D eigenvalue weighted by Crippen LogP contribution is -2.26. The number of thiophene rings is 1. The van der Waals surface area contributed by atoms with E-state index in [1.54, 1.807) is 26.4 Å². The fourth-order valence-electron chi connectivity index (χ4n) is 3.35. The molecule has 1 aliphatic rings. The number of amides is 1. The molecule has 4 rings (SSSR count). The largest absolute Gasteiger partial charge is 0.497 e. The van der Waals surface area contributed by atoms with Crippen LogP contribution < -0.4 is 9.47 Å². The van der Waals surface area contributed by atoms with E-state index >= 15 is 0 Å². The number of rotatable bonds is 5. The van der Waals surface area contributed by atoms with Crippen LogP contribution in [0.25, 0.3) is 0 Å². The van der Waals surface area contributed by atoms with Crippen LogP contribution in [-0.4, -0.2) is 30.8 Å². The average Bonchev–Trinajstić information content (AvgIpc) is 3.43. The van der Waals surface area contributed by atoms with Crippen LogP contribution in [0.4, 0.5) is 0 Å². The Morgan fingerprint density at radius 2 is 1.83 bits per heavy atom. The number of hydrogen-bond donors (Lipinski definition) is 0. The van der Waals surface area contributed by atoms with Gasteiger partial charge in [0.2, 0.25) is 0 Å². The molecule has 1 unspecified atom stereocenters. The molecule has 1 aliphatic heterocycles. The number of hydrogen-bond acceptors (Lipinski definition) is 5. The molecule has 0 aliphatic carbocycles. The molecule has 0 radical (unpaired) electrons. The number of benzene rings is 2. The highest BCUT2D eigenvalue weighted by Crippen LogP contribution is 2.38. The zero-order valence-corrected chi connectivity index (χ0v) is 17.5. The monoisotopic (exact) mass is 426 g/mol. The van der Waals surface area contributed by atoms with Crippen LogP contribution in [0.15, 0.2) is 65.1 Å². The zero-order valence-electron chi connectivity index (χ0n) is 16.0. The fourth-order valence-corrected chi connectivity index (χ4v) is 4.26. The van der Waals surface area contributed by atoms with E-state index in [1.807, 2.05) is 47.8 Å². The molecule has 0 saturated heterocycles. The SMILES string of the molecule is COc1cc(OC)cc(C2=NN(C(=O)c3cccs3)C(c3ccccc3Cl)C2)c1. The van der Waals surface area contributed by atoms with Gasteiger partial charge in [-0.15, -0.1) is 11.3 Å². The van der Waals surface area contributed by atoms with Gasteiger partial charge in [-0.2, -0.15) is 5.10 Å². The summed E-state index contributed by atoms with van der Waals surface area (Å²) in [4.78, 5) is 13.8. The van der Waals surface area contributed by atoms with Crippen molar-refractivity contribution in [2.45, 2.75) is 12.5 Å². The summed E-state index contributed by atoms with van der Waals surface area (Å²) < 4.78 is 10.8. The van der Waals surface area contributed by atoms with Crippen LogP contribution >= 0.6 is 22.9 Å². The van der Waals surface area contributed by atoms with Crippen LogP contribution in [0.1, 0.15) is 33.3 Å². The molecule has 5 nitrogen and oxygen atoms in total. The molecular formula is C22H19ClN2O3S. The third-order valence-electron chi connectivity index (χ3n) is 4.80. The predicted molar refractivity (Wildman–Crippen MR) is 115 cm³/mol. The molecule has 1 amide bonds. The van der Waals surface area contributed by atoms with Gasteiger partial charge in [-0.05, 0) is 35.2 Å². The maximum Gasteiger partial charge on any atom is 0.284 e. The molecule has 0 spiro atoms. The fraction of sp³-hybridized carbons (Fsp3) is 0.182. The van der Waals surface area contributed by atoms with Crippen molar-refractivity contribution in [3.05, 3.63) is 81.0 Å². The Hall–Kier alpha value is -2.83. The smallest absolute Gasteiger partial charge is 0.284 e. The molecule has 0 saturated carbocycles. The normalized spacial score (nSPS) is 15.9. The minimum Gasteiger partial charge on any atom is -0.497 e. The Morgan fingerprint density at radius 3 is 2.45 bits per heavy atom. The van der Waals surface area contributed by atoms with Gasteiger partial charge in [-0.3, -0.25) is 4.79 Å². The van der Waals surface area contributed by atoms with E-state index in [4.69, 9.17) is 26.2 Å². The number of nitrogens with zero attached hydrogens (tertiary/aromatic N) is 2. The van der Waals surface area contributed by atoms with Gasteiger partial charge >= 0.3 is 0 Å². The van der Waals surface area contributed by atoms with Gasteiger partial charge in [0.1, 0.15) is 11.5 Å². The van der Waals surface area contributed by atoms with Gasteiger partial charge < -0.3 is 9.47 Å². The van der Waals surface area contributed by atoms with E-state index in [0.717, 1.165) is 16.8 Å². The van der Waals surface area contributed by atoms with E-state index < -0.39 is 0 Å². The molecule has 0 bridgehead atoms. The summed E-state index contributed by atoms with van der Waals surface area (Å²) in [5.41, 5.74) is 2.49. The van der Waals surface area contributed by atoms with Crippen molar-refractivity contribution in [1.82, 2.24) is 5.01 Å². The third-order valence-corrected chi connectivity index (χ3v) is 6.00. The second-order valence-electron chi connectivity index (χ2n) is 6.52. The maximum absolute atomic E-state index is 13.2. The first-order valence-electron chi connectivity index (χ1n) is 9.03. The molecule has 3 aromatic rings. The molecule has 1 aromatic heterocycles. The Bertz CT molecular complexity index is 1040. The number of ether oxygens (including phenoxy) is 2. The Balaban J connectivity index is 1.77. The van der Waals surface area contributed by atoms with E-state index in [1.165, 1.54) is 16.3 Å². The van der Waals surface area contributed by atoms with Crippen molar-refractivity contribution in [3.8, 4) is 11.5 Å². The summed E-state index contributed by atoms with van der Waals surface area (Å²) in [6.07, 6.45) is 0.539. The van der Waals surface area contributed by atoms with Gasteiger partial charge in [-0.25, -0.2) is 5.01 Å². The summed E-state index contributed by atoms with van der Waals surface area (Å²) in [5, 5.41) is 8.73. The van der Waals surface area contributed by atoms with Crippen molar-refractivity contribution >= 4 is 34.6 Å². The van der Waals surface area contributed by atoms with E-state index in [2.05, 4.69) is 0 Å². The lowest BCUT2D eigenvalue weighted by molar-refractivity contribution is 0.0716. The number of methoxy groups -OCH3 is 2. The maximum atomic E-state index is 13.2. The van der Waals surface area contributed by atoms with Gasteiger partial charge in [-0.1, -0.05) is 35.9 Å². The second-order valence-corrected chi connectivity index (χ2v) is 7.87. The summed E-state index contributed by atoms with van der Waals surface area (Å²) in [6, 6.07) is 16.5. The minimum absolute atomic E-state index is 0.144. The Labute approximate surface area is 178 Å². The topological polar surface area (TPSA) is 51.1 Å². The Morgan fingerprint density at radius 1 is 1.10 bits per heavy atom. The lowest BCUT2D eigenvalue weighted by atomic mass is 9.98. The van der Waals surface area contributed by atoms with Crippen LogP contribution in [0, 0.1) is 0 Å². The number of carbonyl (C=O) groups excluding carboxylic acids is 1. The van der Waals surface area contributed by atoms with Gasteiger partial charge in [0.25, 0.3) is 5.91 Å². The van der Waals surface area contributed by atoms with E-state index in [0.29, 0.717) is 27.8 Å². The van der Waals surface area contributed by atoms with Gasteiger partial charge in [0.05, 0.1) is 30.9 Å². The van der Waals surface area contributed by atoms with Crippen LogP contribution in [0.2, 0.25) is 5.02 Å². The molecule has 2 aromatic carbocycles. The predicted octanol–water partition coefficient (Wildman–Crippen LogP) is 5.41. The zero-order chi connectivity index (χ0) is 20.4. The third kappa shape index (κ3) is 3.86. The highest BCUT2D eigenvalue weighted by molar-refractivity contribution is 7.12. The molecule has 148 valence electrons. The number of carbonyl (C=O) groups is 1. The molecule has 29 heavy (non-hydrogen) atoms. The summed E-state index contributed by atoms with van der Waals surface area (Å²) in [6.45, 7) is 0.